The average Bonchev–Trinajstić information content (AvgIpc) is 3.38. The molecule has 3 aliphatic rings. The van der Waals surface area contributed by atoms with Gasteiger partial charge in [0.1, 0.15) is 24.1 Å². The molecule has 1 amide bonds. The molecule has 0 saturated carbocycles. The zero-order valence-corrected chi connectivity index (χ0v) is 24.2. The number of alkyl halides is 3. The third-order valence-corrected chi connectivity index (χ3v) is 8.55. The number of pyridine rings is 2. The third kappa shape index (κ3) is 5.62. The first-order valence-electron chi connectivity index (χ1n) is 14.3. The Morgan fingerprint density at radius 1 is 1.24 bits per heavy atom. The number of aromatic nitrogens is 2. The van der Waals surface area contributed by atoms with Crippen LogP contribution in [0.25, 0.3) is 0 Å². The number of anilines is 2. The number of ether oxygens (including phenoxy) is 1. The molecule has 9 nitrogen and oxygen atoms in total. The molecule has 5 heterocycles. The van der Waals surface area contributed by atoms with Crippen molar-refractivity contribution in [3.63, 3.8) is 0 Å². The molecular weight excluding hydrogens is 547 g/mol. The lowest BCUT2D eigenvalue weighted by Gasteiger charge is -2.46. The van der Waals surface area contributed by atoms with Crippen LogP contribution in [0, 0.1) is 11.3 Å². The highest BCUT2D eigenvalue weighted by atomic mass is 19.4. The van der Waals surface area contributed by atoms with Gasteiger partial charge in [-0.15, -0.1) is 0 Å². The van der Waals surface area contributed by atoms with Crippen molar-refractivity contribution in [2.24, 2.45) is 0 Å². The molecule has 0 N–H and O–H groups in total. The minimum atomic E-state index is -4.55. The molecule has 42 heavy (non-hydrogen) atoms. The standard InChI is InChI=1S/C30H36F3N7O2/c1-5-26(41)40-19(2)15-39(16-20(40)3)27-22-10-13-38(28-24(30(31,32)33)9-6-11-35-28)17-25(22)36-29(23(27)14-34)42-18-21-8-7-12-37(21)4/h5-6,9,11,19-21H,1,7-8,10,12-13,15-18H2,2-4H3/t19-,20+,21-/m0/s1. The van der Waals surface area contributed by atoms with E-state index in [-0.39, 0.29) is 48.8 Å². The number of amides is 1. The summed E-state index contributed by atoms with van der Waals surface area (Å²) in [6.07, 6.45) is 0.521. The van der Waals surface area contributed by atoms with Gasteiger partial charge >= 0.3 is 6.18 Å². The molecule has 2 aromatic rings. The fourth-order valence-corrected chi connectivity index (χ4v) is 6.55. The van der Waals surface area contributed by atoms with Gasteiger partial charge in [0, 0.05) is 49.5 Å². The smallest absolute Gasteiger partial charge is 0.419 e. The molecule has 3 atom stereocenters. The molecule has 2 aromatic heterocycles. The maximum Gasteiger partial charge on any atom is 0.419 e. The molecule has 0 radical (unpaired) electrons. The first-order chi connectivity index (χ1) is 20.0. The molecule has 5 rings (SSSR count). The lowest BCUT2D eigenvalue weighted by Crippen LogP contribution is -2.58. The zero-order chi connectivity index (χ0) is 30.2. The predicted molar refractivity (Wildman–Crippen MR) is 152 cm³/mol. The van der Waals surface area contributed by atoms with Gasteiger partial charge < -0.3 is 24.3 Å². The number of carbonyl (C=O) groups excluding carboxylic acids is 1. The van der Waals surface area contributed by atoms with Gasteiger partial charge in [-0.25, -0.2) is 9.97 Å². The molecule has 12 heteroatoms. The van der Waals surface area contributed by atoms with Crippen molar-refractivity contribution in [2.75, 3.05) is 49.6 Å². The second-order valence-corrected chi connectivity index (χ2v) is 11.4. The van der Waals surface area contributed by atoms with Crippen LogP contribution in [0.4, 0.5) is 24.7 Å². The summed E-state index contributed by atoms with van der Waals surface area (Å²) < 4.78 is 47.8. The Balaban J connectivity index is 1.55. The summed E-state index contributed by atoms with van der Waals surface area (Å²) in [6.45, 7) is 10.2. The van der Waals surface area contributed by atoms with Crippen molar-refractivity contribution in [2.45, 2.75) is 64.0 Å². The molecular formula is C30H36F3N7O2. The molecule has 2 saturated heterocycles. The van der Waals surface area contributed by atoms with Gasteiger partial charge in [-0.05, 0) is 64.9 Å². The molecule has 0 spiro atoms. The summed E-state index contributed by atoms with van der Waals surface area (Å²) in [4.78, 5) is 29.1. The molecule has 0 bridgehead atoms. The minimum Gasteiger partial charge on any atom is -0.475 e. The van der Waals surface area contributed by atoms with Crippen LogP contribution in [0.5, 0.6) is 5.88 Å². The SMILES string of the molecule is C=CC(=O)N1[C@H](C)CN(c2c(C#N)c(OC[C@@H]3CCCN3C)nc3c2CCN(c2ncccc2C(F)(F)F)C3)C[C@@H]1C. The average molecular weight is 584 g/mol. The summed E-state index contributed by atoms with van der Waals surface area (Å²) in [6, 6.07) is 4.52. The number of likely N-dealkylation sites (tertiary alicyclic amines) is 1. The van der Waals surface area contributed by atoms with Crippen molar-refractivity contribution in [3.8, 4) is 11.9 Å². The topological polar surface area (TPSA) is 88.8 Å². The van der Waals surface area contributed by atoms with Crippen LogP contribution in [-0.4, -0.2) is 83.6 Å². The summed E-state index contributed by atoms with van der Waals surface area (Å²) in [5, 5.41) is 10.4. The van der Waals surface area contributed by atoms with Gasteiger partial charge in [0.25, 0.3) is 0 Å². The number of hydrogen-bond acceptors (Lipinski definition) is 8. The number of hydrogen-bond donors (Lipinski definition) is 0. The second kappa shape index (κ2) is 11.8. The second-order valence-electron chi connectivity index (χ2n) is 11.4. The highest BCUT2D eigenvalue weighted by molar-refractivity contribution is 5.88. The van der Waals surface area contributed by atoms with Crippen LogP contribution in [0.3, 0.4) is 0 Å². The van der Waals surface area contributed by atoms with Crippen LogP contribution >= 0.6 is 0 Å². The Kier molecular flexibility index (Phi) is 8.32. The highest BCUT2D eigenvalue weighted by Crippen LogP contribution is 2.41. The summed E-state index contributed by atoms with van der Waals surface area (Å²) in [5.74, 6) is -0.101. The molecule has 2 fully saturated rings. The van der Waals surface area contributed by atoms with E-state index in [0.717, 1.165) is 31.0 Å². The molecule has 0 aliphatic carbocycles. The number of nitriles is 1. The fraction of sp³-hybridized carbons (Fsp3) is 0.533. The zero-order valence-electron chi connectivity index (χ0n) is 24.2. The van der Waals surface area contributed by atoms with Gasteiger partial charge in [0.2, 0.25) is 11.8 Å². The predicted octanol–water partition coefficient (Wildman–Crippen LogP) is 4.01. The summed E-state index contributed by atoms with van der Waals surface area (Å²) >= 11 is 0. The number of likely N-dealkylation sites (N-methyl/N-ethyl adjacent to an activating group) is 1. The monoisotopic (exact) mass is 583 g/mol. The van der Waals surface area contributed by atoms with Crippen LogP contribution in [0.2, 0.25) is 0 Å². The molecule has 0 unspecified atom stereocenters. The van der Waals surface area contributed by atoms with Crippen LogP contribution in [0.1, 0.15) is 49.1 Å². The van der Waals surface area contributed by atoms with E-state index in [1.54, 1.807) is 9.80 Å². The first-order valence-corrected chi connectivity index (χ1v) is 14.3. The Morgan fingerprint density at radius 2 is 1.98 bits per heavy atom. The van der Waals surface area contributed by atoms with E-state index < -0.39 is 11.7 Å². The van der Waals surface area contributed by atoms with Crippen LogP contribution in [-0.2, 0) is 23.9 Å². The van der Waals surface area contributed by atoms with Gasteiger partial charge in [-0.1, -0.05) is 6.58 Å². The number of rotatable bonds is 6. The highest BCUT2D eigenvalue weighted by Gasteiger charge is 2.39. The van der Waals surface area contributed by atoms with Crippen LogP contribution < -0.4 is 14.5 Å². The van der Waals surface area contributed by atoms with Crippen molar-refractivity contribution < 1.29 is 22.7 Å². The van der Waals surface area contributed by atoms with Crippen LogP contribution in [0.15, 0.2) is 31.0 Å². The number of piperazine rings is 1. The van der Waals surface area contributed by atoms with Crippen molar-refractivity contribution >= 4 is 17.4 Å². The summed E-state index contributed by atoms with van der Waals surface area (Å²) in [7, 11) is 2.04. The number of carbonyl (C=O) groups is 1. The Morgan fingerprint density at radius 3 is 2.60 bits per heavy atom. The lowest BCUT2D eigenvalue weighted by molar-refractivity contribution is -0.137. The Bertz CT molecular complexity index is 1380. The fourth-order valence-electron chi connectivity index (χ4n) is 6.55. The number of halogens is 3. The van der Waals surface area contributed by atoms with Crippen molar-refractivity contribution in [1.82, 2.24) is 19.8 Å². The number of fused-ring (bicyclic) bond motifs is 1. The van der Waals surface area contributed by atoms with E-state index >= 15 is 0 Å². The summed E-state index contributed by atoms with van der Waals surface area (Å²) in [5.41, 5.74) is 1.60. The number of nitrogens with zero attached hydrogens (tertiary/aromatic N) is 7. The normalized spacial score (nSPS) is 23.0. The molecule has 0 aromatic carbocycles. The largest absolute Gasteiger partial charge is 0.475 e. The van der Waals surface area contributed by atoms with Crippen molar-refractivity contribution in [3.05, 3.63) is 53.4 Å². The lowest BCUT2D eigenvalue weighted by atomic mass is 9.96. The Labute approximate surface area is 244 Å². The van der Waals surface area contributed by atoms with Gasteiger partial charge in [0.15, 0.2) is 0 Å². The van der Waals surface area contributed by atoms with Gasteiger partial charge in [0.05, 0.1) is 23.5 Å². The van der Waals surface area contributed by atoms with Gasteiger partial charge in [-0.2, -0.15) is 18.4 Å². The molecule has 224 valence electrons. The van der Waals surface area contributed by atoms with E-state index in [1.807, 2.05) is 20.9 Å². The third-order valence-electron chi connectivity index (χ3n) is 8.55. The molecule has 3 aliphatic heterocycles. The van der Waals surface area contributed by atoms with E-state index in [4.69, 9.17) is 9.72 Å². The quantitative estimate of drug-likeness (QED) is 0.472. The van der Waals surface area contributed by atoms with E-state index in [0.29, 0.717) is 43.1 Å². The maximum absolute atomic E-state index is 13.9. The maximum atomic E-state index is 13.9. The minimum absolute atomic E-state index is 0.0911. The first kappa shape index (κ1) is 29.6. The van der Waals surface area contributed by atoms with Crippen molar-refractivity contribution in [1.29, 1.82) is 5.26 Å². The Hall–Kier alpha value is -3.85. The van der Waals surface area contributed by atoms with Gasteiger partial charge in [-0.3, -0.25) is 4.79 Å². The van der Waals surface area contributed by atoms with E-state index in [2.05, 4.69) is 27.4 Å². The van der Waals surface area contributed by atoms with E-state index in [1.165, 1.54) is 18.3 Å². The van der Waals surface area contributed by atoms with E-state index in [9.17, 15) is 23.2 Å².